The lowest BCUT2D eigenvalue weighted by Gasteiger charge is -2.19. The molecule has 0 bridgehead atoms. The largest absolute Gasteiger partial charge is 0.389 e. The summed E-state index contributed by atoms with van der Waals surface area (Å²) in [5.41, 5.74) is 7.19. The second-order valence-electron chi connectivity index (χ2n) is 4.16. The maximum absolute atomic E-state index is 11.7. The van der Waals surface area contributed by atoms with Crippen molar-refractivity contribution in [3.8, 4) is 0 Å². The second-order valence-corrected chi connectivity index (χ2v) is 5.45. The van der Waals surface area contributed by atoms with Gasteiger partial charge in [0.05, 0.1) is 0 Å². The Hall–Kier alpha value is -1.14. The first-order valence-corrected chi connectivity index (χ1v) is 6.60. The predicted molar refractivity (Wildman–Crippen MR) is 81.8 cm³/mol. The van der Waals surface area contributed by atoms with Crippen molar-refractivity contribution < 1.29 is 4.79 Å². The molecule has 4 nitrogen and oxygen atoms in total. The normalized spacial score (nSPS) is 11.8. The van der Waals surface area contributed by atoms with Gasteiger partial charge in [-0.05, 0) is 41.1 Å². The maximum atomic E-state index is 11.7. The highest BCUT2D eigenvalue weighted by Gasteiger charge is 2.14. The van der Waals surface area contributed by atoms with Crippen LogP contribution in [0.4, 0.5) is 5.69 Å². The van der Waals surface area contributed by atoms with Crippen LogP contribution in [0.1, 0.15) is 12.5 Å². The van der Waals surface area contributed by atoms with E-state index in [1.807, 2.05) is 25.1 Å². The number of amides is 1. The number of likely N-dealkylation sites (N-methyl/N-ethyl adjacent to an activating group) is 1. The van der Waals surface area contributed by atoms with Crippen LogP contribution in [0, 0.1) is 0 Å². The summed E-state index contributed by atoms with van der Waals surface area (Å²) < 4.78 is 0.810. The molecule has 1 atom stereocenters. The first kappa shape index (κ1) is 14.9. The lowest BCUT2D eigenvalue weighted by molar-refractivity contribution is -0.129. The number of nitrogens with one attached hydrogen (secondary N) is 1. The average molecular weight is 330 g/mol. The number of anilines is 1. The quantitative estimate of drug-likeness (QED) is 0.829. The fourth-order valence-electron chi connectivity index (χ4n) is 1.50. The molecule has 3 N–H and O–H groups in total. The molecule has 1 aromatic rings. The Morgan fingerprint density at radius 3 is 2.56 bits per heavy atom. The Kier molecular flexibility index (Phi) is 5.10. The minimum Gasteiger partial charge on any atom is -0.389 e. The first-order valence-electron chi connectivity index (χ1n) is 5.40. The highest BCUT2D eigenvalue weighted by atomic mass is 79.9. The van der Waals surface area contributed by atoms with E-state index in [0.717, 1.165) is 15.7 Å². The number of thiocarbonyl (C=S) groups is 1. The van der Waals surface area contributed by atoms with E-state index in [9.17, 15) is 4.79 Å². The van der Waals surface area contributed by atoms with Crippen molar-refractivity contribution in [3.05, 3.63) is 28.2 Å². The minimum absolute atomic E-state index is 0.0181. The van der Waals surface area contributed by atoms with E-state index >= 15 is 0 Å². The van der Waals surface area contributed by atoms with E-state index < -0.39 is 0 Å². The molecular formula is C12H16BrN3OS. The van der Waals surface area contributed by atoms with Gasteiger partial charge in [-0.1, -0.05) is 12.2 Å². The molecule has 0 aliphatic heterocycles. The number of nitrogens with two attached hydrogens (primary N) is 1. The van der Waals surface area contributed by atoms with Crippen molar-refractivity contribution in [2.45, 2.75) is 13.0 Å². The van der Waals surface area contributed by atoms with Crippen molar-refractivity contribution in [1.82, 2.24) is 4.90 Å². The van der Waals surface area contributed by atoms with Crippen LogP contribution in [0.2, 0.25) is 0 Å². The van der Waals surface area contributed by atoms with Gasteiger partial charge in [0.25, 0.3) is 0 Å². The zero-order valence-electron chi connectivity index (χ0n) is 10.5. The molecule has 0 saturated heterocycles. The van der Waals surface area contributed by atoms with Gasteiger partial charge in [0, 0.05) is 29.8 Å². The standard InChI is InChI=1S/C12H16BrN3OS/c1-7(12(17)16(2)3)15-8-4-5-9(11(14)18)10(13)6-8/h4-7,15H,1-3H3,(H2,14,18). The SMILES string of the molecule is CC(Nc1ccc(C(N)=S)c(Br)c1)C(=O)N(C)C. The van der Waals surface area contributed by atoms with Crippen molar-refractivity contribution in [3.63, 3.8) is 0 Å². The monoisotopic (exact) mass is 329 g/mol. The smallest absolute Gasteiger partial charge is 0.244 e. The van der Waals surface area contributed by atoms with Gasteiger partial charge in [-0.2, -0.15) is 0 Å². The number of rotatable bonds is 4. The van der Waals surface area contributed by atoms with E-state index in [-0.39, 0.29) is 11.9 Å². The molecule has 0 spiro atoms. The molecule has 0 saturated carbocycles. The molecule has 98 valence electrons. The number of halogens is 1. The van der Waals surface area contributed by atoms with Crippen LogP contribution in [0.5, 0.6) is 0 Å². The van der Waals surface area contributed by atoms with Gasteiger partial charge in [-0.3, -0.25) is 4.79 Å². The molecule has 0 aliphatic carbocycles. The molecule has 1 rings (SSSR count). The van der Waals surface area contributed by atoms with Crippen molar-refractivity contribution >= 4 is 44.7 Å². The molecule has 18 heavy (non-hydrogen) atoms. The van der Waals surface area contributed by atoms with Gasteiger partial charge in [0.1, 0.15) is 11.0 Å². The minimum atomic E-state index is -0.289. The number of carbonyl (C=O) groups is 1. The van der Waals surface area contributed by atoms with Crippen molar-refractivity contribution in [2.75, 3.05) is 19.4 Å². The predicted octanol–water partition coefficient (Wildman–Crippen LogP) is 1.97. The number of nitrogens with zero attached hydrogens (tertiary/aromatic N) is 1. The lowest BCUT2D eigenvalue weighted by atomic mass is 10.2. The van der Waals surface area contributed by atoms with Crippen molar-refractivity contribution in [2.24, 2.45) is 5.73 Å². The number of hydrogen-bond donors (Lipinski definition) is 2. The van der Waals surface area contributed by atoms with E-state index in [0.29, 0.717) is 4.99 Å². The number of carbonyl (C=O) groups excluding carboxylic acids is 1. The van der Waals surface area contributed by atoms with Crippen LogP contribution >= 0.6 is 28.1 Å². The van der Waals surface area contributed by atoms with Gasteiger partial charge < -0.3 is 16.0 Å². The molecule has 0 aromatic heterocycles. The summed E-state index contributed by atoms with van der Waals surface area (Å²) in [5.74, 6) is 0.0181. The van der Waals surface area contributed by atoms with E-state index in [4.69, 9.17) is 18.0 Å². The topological polar surface area (TPSA) is 58.4 Å². The van der Waals surface area contributed by atoms with Gasteiger partial charge in [-0.15, -0.1) is 0 Å². The zero-order valence-corrected chi connectivity index (χ0v) is 12.9. The highest BCUT2D eigenvalue weighted by Crippen LogP contribution is 2.22. The van der Waals surface area contributed by atoms with Crippen LogP contribution in [-0.4, -0.2) is 35.9 Å². The lowest BCUT2D eigenvalue weighted by Crippen LogP contribution is -2.36. The molecule has 1 aromatic carbocycles. The molecule has 0 heterocycles. The third-order valence-corrected chi connectivity index (χ3v) is 3.30. The average Bonchev–Trinajstić information content (AvgIpc) is 2.27. The Bertz CT molecular complexity index is 476. The van der Waals surface area contributed by atoms with Gasteiger partial charge in [0.2, 0.25) is 5.91 Å². The Morgan fingerprint density at radius 1 is 1.50 bits per heavy atom. The molecular weight excluding hydrogens is 314 g/mol. The van der Waals surface area contributed by atoms with E-state index in [1.54, 1.807) is 19.0 Å². The Labute approximate surface area is 121 Å². The van der Waals surface area contributed by atoms with Crippen LogP contribution in [-0.2, 0) is 4.79 Å². The third kappa shape index (κ3) is 3.68. The summed E-state index contributed by atoms with van der Waals surface area (Å²) in [4.78, 5) is 13.6. The molecule has 0 aliphatic rings. The Morgan fingerprint density at radius 2 is 2.11 bits per heavy atom. The molecule has 0 fully saturated rings. The first-order chi connectivity index (χ1) is 8.32. The fraction of sp³-hybridized carbons (Fsp3) is 0.333. The summed E-state index contributed by atoms with van der Waals surface area (Å²) >= 11 is 8.32. The summed E-state index contributed by atoms with van der Waals surface area (Å²) in [6.45, 7) is 1.82. The second kappa shape index (κ2) is 6.15. The van der Waals surface area contributed by atoms with Crippen LogP contribution in [0.3, 0.4) is 0 Å². The van der Waals surface area contributed by atoms with Crippen LogP contribution in [0.25, 0.3) is 0 Å². The van der Waals surface area contributed by atoms with Crippen LogP contribution < -0.4 is 11.1 Å². The fourth-order valence-corrected chi connectivity index (χ4v) is 2.41. The third-order valence-electron chi connectivity index (χ3n) is 2.43. The molecule has 0 radical (unpaired) electrons. The molecule has 1 amide bonds. The number of benzene rings is 1. The summed E-state index contributed by atoms with van der Waals surface area (Å²) in [5, 5.41) is 3.12. The highest BCUT2D eigenvalue weighted by molar-refractivity contribution is 9.10. The van der Waals surface area contributed by atoms with Gasteiger partial charge >= 0.3 is 0 Å². The van der Waals surface area contributed by atoms with E-state index in [1.165, 1.54) is 0 Å². The maximum Gasteiger partial charge on any atom is 0.244 e. The van der Waals surface area contributed by atoms with Crippen LogP contribution in [0.15, 0.2) is 22.7 Å². The summed E-state index contributed by atoms with van der Waals surface area (Å²) in [6, 6.07) is 5.23. The van der Waals surface area contributed by atoms with Gasteiger partial charge in [-0.25, -0.2) is 0 Å². The van der Waals surface area contributed by atoms with Gasteiger partial charge in [0.15, 0.2) is 0 Å². The van der Waals surface area contributed by atoms with E-state index in [2.05, 4.69) is 21.2 Å². The number of hydrogen-bond acceptors (Lipinski definition) is 3. The zero-order chi connectivity index (χ0) is 13.9. The Balaban J connectivity index is 2.84. The summed E-state index contributed by atoms with van der Waals surface area (Å²) in [6.07, 6.45) is 0. The molecule has 1 unspecified atom stereocenters. The molecule has 6 heteroatoms. The summed E-state index contributed by atoms with van der Waals surface area (Å²) in [7, 11) is 3.46. The van der Waals surface area contributed by atoms with Crippen molar-refractivity contribution in [1.29, 1.82) is 0 Å².